The predicted octanol–water partition coefficient (Wildman–Crippen LogP) is -7.76. The van der Waals surface area contributed by atoms with Crippen molar-refractivity contribution in [3.63, 3.8) is 0 Å². The molecule has 0 aliphatic rings. The van der Waals surface area contributed by atoms with Gasteiger partial charge in [-0.1, -0.05) is 0 Å². The van der Waals surface area contributed by atoms with E-state index in [4.69, 9.17) is 38.4 Å². The van der Waals surface area contributed by atoms with Gasteiger partial charge in [-0.05, 0) is 0 Å². The zero-order valence-corrected chi connectivity index (χ0v) is 12.3. The summed E-state index contributed by atoms with van der Waals surface area (Å²) in [4.78, 5) is 50.9. The second kappa shape index (κ2) is 13.0. The Morgan fingerprint density at radius 3 is 1.00 bits per heavy atom. The van der Waals surface area contributed by atoms with Gasteiger partial charge < -0.3 is 38.1 Å². The third kappa shape index (κ3) is 287. The minimum atomic E-state index is -4.64. The summed E-state index contributed by atoms with van der Waals surface area (Å²) in [6, 6.07) is 0. The summed E-state index contributed by atoms with van der Waals surface area (Å²) in [7, 11) is -9.25. The van der Waals surface area contributed by atoms with Gasteiger partial charge in [-0.3, -0.25) is 0 Å². The van der Waals surface area contributed by atoms with Crippen LogP contribution in [0.3, 0.4) is 0 Å². The van der Waals surface area contributed by atoms with Crippen LogP contribution in [0.1, 0.15) is 4.28 Å². The van der Waals surface area contributed by atoms with Crippen molar-refractivity contribution in [3.8, 4) is 0 Å². The fourth-order valence-corrected chi connectivity index (χ4v) is 0. The maximum absolute atomic E-state index is 8.88. The smallest absolute Gasteiger partial charge is 1.00 e. The summed E-state index contributed by atoms with van der Waals surface area (Å²) in [5.74, 6) is 0. The first kappa shape index (κ1) is 29.7. The van der Waals surface area contributed by atoms with E-state index in [9.17, 15) is 0 Å². The summed E-state index contributed by atoms with van der Waals surface area (Å²) in [6.07, 6.45) is 0. The van der Waals surface area contributed by atoms with Crippen molar-refractivity contribution in [3.05, 3.63) is 0 Å². The van der Waals surface area contributed by atoms with E-state index >= 15 is 0 Å². The zero-order valence-electron chi connectivity index (χ0n) is 9.19. The molecule has 0 unspecified atom stereocenters. The van der Waals surface area contributed by atoms with Crippen molar-refractivity contribution in [1.29, 1.82) is 0 Å². The molecule has 13 heteroatoms. The Kier molecular flexibility index (Phi) is 29.8. The molecule has 7 N–H and O–H groups in total. The molecule has 0 atom stereocenters. The van der Waals surface area contributed by atoms with Gasteiger partial charge in [0.25, 0.3) is 0 Å². The summed E-state index contributed by atoms with van der Waals surface area (Å²) < 4.78 is 8.88. The Morgan fingerprint density at radius 2 is 1.00 bits per heavy atom. The zero-order chi connectivity index (χ0) is 9.00. The standard InChI is InChI=1S/Al.Ca.Na.H3O4P.H4O4Si.6H/c;;;2*1-5(2,3)4;;;;;;/h;;;(H3,1,2,3,4);1-4H;;;;;;/q;+2;+1;;;;;;3*-1. The van der Waals surface area contributed by atoms with Gasteiger partial charge in [0.05, 0.1) is 0 Å². The van der Waals surface area contributed by atoms with Crippen LogP contribution in [0.2, 0.25) is 0 Å². The molecule has 8 nitrogen and oxygen atoms in total. The SMILES string of the molecule is O=P(O)(O)O.O[Si](O)(O)O.[AlH3].[Ca+2].[H-].[H-].[H-].[Na+]. The fourth-order valence-electron chi connectivity index (χ4n) is 0. The maximum Gasteiger partial charge on any atom is 2.00 e. The van der Waals surface area contributed by atoms with Crippen LogP contribution in [-0.4, -0.2) is 98.0 Å². The second-order valence-corrected chi connectivity index (χ2v) is 3.34. The normalized spacial score (nSPS) is 9.15. The van der Waals surface area contributed by atoms with Gasteiger partial charge >= 0.3 is 84.2 Å². The van der Waals surface area contributed by atoms with Gasteiger partial charge in [-0.25, -0.2) is 4.57 Å². The van der Waals surface area contributed by atoms with Crippen LogP contribution < -0.4 is 29.6 Å². The molecule has 0 saturated heterocycles. The largest absolute Gasteiger partial charge is 2.00 e. The van der Waals surface area contributed by atoms with E-state index < -0.39 is 16.9 Å². The molecule has 0 rings (SSSR count). The van der Waals surface area contributed by atoms with Crippen LogP contribution in [0, 0.1) is 0 Å². The maximum atomic E-state index is 8.88. The topological polar surface area (TPSA) is 159 Å². The summed E-state index contributed by atoms with van der Waals surface area (Å²) in [5.41, 5.74) is 0. The van der Waals surface area contributed by atoms with Crippen molar-refractivity contribution in [2.45, 2.75) is 0 Å². The Labute approximate surface area is 142 Å². The second-order valence-electron chi connectivity index (χ2n) is 1.11. The quantitative estimate of drug-likeness (QED) is 0.171. The van der Waals surface area contributed by atoms with E-state index in [1.165, 1.54) is 0 Å². The Balaban J connectivity index is -0.00000000970. The molecule has 0 saturated carbocycles. The van der Waals surface area contributed by atoms with Crippen molar-refractivity contribution in [1.82, 2.24) is 0 Å². The molecule has 0 radical (unpaired) electrons. The van der Waals surface area contributed by atoms with E-state index in [2.05, 4.69) is 0 Å². The molecule has 0 amide bonds. The minimum Gasteiger partial charge on any atom is -1.00 e. The summed E-state index contributed by atoms with van der Waals surface area (Å²) >= 11 is 0. The molecule has 0 heterocycles. The molecule has 0 fully saturated rings. The molecule has 0 aromatic rings. The third-order valence-electron chi connectivity index (χ3n) is 0. The van der Waals surface area contributed by atoms with E-state index in [-0.39, 0.29) is 88.9 Å². The fraction of sp³-hybridized carbons (Fsp3) is 0. The summed E-state index contributed by atoms with van der Waals surface area (Å²) in [5, 5.41) is 0. The average Bonchev–Trinajstić information content (AvgIpc) is 1.12. The van der Waals surface area contributed by atoms with Crippen molar-refractivity contribution >= 4 is 72.0 Å². The molecular weight excluding hydrogens is 277 g/mol. The Hall–Kier alpha value is 2.96. The van der Waals surface area contributed by atoms with E-state index in [0.29, 0.717) is 0 Å². The number of hydrogen-bond donors (Lipinski definition) is 7. The van der Waals surface area contributed by atoms with Gasteiger partial charge in [0, 0.05) is 0 Å². The van der Waals surface area contributed by atoms with Crippen LogP contribution in [0.5, 0.6) is 0 Å². The van der Waals surface area contributed by atoms with E-state index in [1.54, 1.807) is 0 Å². The average molecular weight is 290 g/mol. The third-order valence-corrected chi connectivity index (χ3v) is 0. The monoisotopic (exact) mass is 290 g/mol. The molecule has 0 aliphatic heterocycles. The molecule has 0 aliphatic carbocycles. The van der Waals surface area contributed by atoms with Crippen LogP contribution in [0.25, 0.3) is 0 Å². The molecule has 0 bridgehead atoms. The van der Waals surface area contributed by atoms with Crippen LogP contribution in [0.4, 0.5) is 0 Å². The predicted molar refractivity (Wildman–Crippen MR) is 47.9 cm³/mol. The van der Waals surface area contributed by atoms with Gasteiger partial charge in [0.15, 0.2) is 17.4 Å². The van der Waals surface area contributed by atoms with Crippen molar-refractivity contribution in [2.24, 2.45) is 0 Å². The molecular formula is H13AlCaNaO8PSi. The Morgan fingerprint density at radius 1 is 1.00 bits per heavy atom. The molecule has 13 heavy (non-hydrogen) atoms. The molecule has 0 spiro atoms. The number of hydrogen-bond acceptors (Lipinski definition) is 5. The first-order chi connectivity index (χ1) is 4.00. The van der Waals surface area contributed by atoms with Gasteiger partial charge in [-0.2, -0.15) is 0 Å². The van der Waals surface area contributed by atoms with Crippen molar-refractivity contribution < 1.29 is 72.3 Å². The van der Waals surface area contributed by atoms with Crippen LogP contribution >= 0.6 is 7.82 Å². The van der Waals surface area contributed by atoms with Crippen LogP contribution in [-0.2, 0) is 4.57 Å². The minimum absolute atomic E-state index is 0. The van der Waals surface area contributed by atoms with Gasteiger partial charge in [0.1, 0.15) is 0 Å². The Bertz CT molecular complexity index is 127. The first-order valence-corrected chi connectivity index (χ1v) is 5.03. The summed E-state index contributed by atoms with van der Waals surface area (Å²) in [6.45, 7) is 0. The molecule has 0 aromatic heterocycles. The van der Waals surface area contributed by atoms with E-state index in [0.717, 1.165) is 0 Å². The number of phosphoric acid groups is 1. The van der Waals surface area contributed by atoms with Crippen molar-refractivity contribution in [2.75, 3.05) is 0 Å². The number of rotatable bonds is 0. The van der Waals surface area contributed by atoms with Gasteiger partial charge in [0.2, 0.25) is 0 Å². The van der Waals surface area contributed by atoms with E-state index in [1.807, 2.05) is 0 Å². The van der Waals surface area contributed by atoms with Crippen LogP contribution in [0.15, 0.2) is 0 Å². The molecule has 0 aromatic carbocycles. The first-order valence-electron chi connectivity index (χ1n) is 1.68. The molecule has 76 valence electrons. The van der Waals surface area contributed by atoms with Gasteiger partial charge in [-0.15, -0.1) is 0 Å².